The Balaban J connectivity index is 1.19. The Hall–Kier alpha value is -1.20. The largest absolute Gasteiger partial charge is 0.394 e. The normalized spacial score (nSPS) is 55.4. The minimum Gasteiger partial charge on any atom is -0.394 e. The second kappa shape index (κ2) is 22.1. The van der Waals surface area contributed by atoms with Gasteiger partial charge in [-0.2, -0.15) is 0 Å². The van der Waals surface area contributed by atoms with Crippen LogP contribution >= 0.6 is 0 Å². The number of hydrogen-bond acceptors (Lipinski definition) is 30. The molecule has 22 fully saturated rings. The Morgan fingerprint density at radius 3 is 0.591 bits per heavy atom. The quantitative estimate of drug-likeness (QED) is 0.117. The van der Waals surface area contributed by atoms with Gasteiger partial charge in [0.25, 0.3) is 0 Å². The van der Waals surface area contributed by atoms with Crippen molar-refractivity contribution in [2.24, 2.45) is 5.73 Å². The van der Waals surface area contributed by atoms with Crippen molar-refractivity contribution in [3.63, 3.8) is 0 Å². The van der Waals surface area contributed by atoms with Crippen molar-refractivity contribution in [2.45, 2.75) is 184 Å². The monoisotopic (exact) mass is 971 g/mol. The summed E-state index contributed by atoms with van der Waals surface area (Å²) in [4.78, 5) is 0. The molecule has 22 aliphatic rings. The summed E-state index contributed by atoms with van der Waals surface area (Å²) in [7, 11) is 0. The molecule has 22 heterocycles. The van der Waals surface area contributed by atoms with Gasteiger partial charge in [-0.1, -0.05) is 0 Å². The maximum Gasteiger partial charge on any atom is 0.187 e. The average molecular weight is 972 g/mol. The molecule has 0 aliphatic carbocycles. The Kier molecular flexibility index (Phi) is 17.6. The van der Waals surface area contributed by atoms with Crippen molar-refractivity contribution >= 4 is 0 Å². The highest BCUT2D eigenvalue weighted by molar-refractivity contribution is 5.01. The molecule has 12 bridgehead atoms. The minimum absolute atomic E-state index is 0.919. The molecule has 0 aromatic carbocycles. The van der Waals surface area contributed by atoms with Gasteiger partial charge in [0.1, 0.15) is 140 Å². The zero-order chi connectivity index (χ0) is 48.0. The number of aliphatic hydroxyl groups is 17. The molecule has 0 radical (unpaired) electrons. The number of hydrogen-bond donors (Lipinski definition) is 18. The topological polar surface area (TPSA) is 481 Å². The van der Waals surface area contributed by atoms with Crippen molar-refractivity contribution in [1.29, 1.82) is 0 Å². The van der Waals surface area contributed by atoms with Crippen molar-refractivity contribution in [2.75, 3.05) is 39.6 Å². The highest BCUT2D eigenvalue weighted by atomic mass is 16.8. The summed E-state index contributed by atoms with van der Waals surface area (Å²) in [6.45, 7) is -5.82. The molecule has 0 aromatic heterocycles. The standard InChI is InChI=1S/C36H61NO29/c37-13-14(44)31-55-7(1-38)25(13)61-32-20(50)15(45)27(9(3-40)56-32)63-34-22(52)17(47)29(11(5-42)58-34)65-36-24(54)19(49)30(12(6-43)60-36)66-35-23(53)18(48)28(10(4-41)59-35)64-33-21(51)16(46)26(62-31)8(2-39)57-33/h7-36,38-54H,1-6,37H2/t7-,8-,9-,10-,11-,12-,13-,14-,15-,16-,17-,18-,19-,20-,21-,22-,23-,24-,25-,26-,27-,28-,29-,30-,31-,32-,33-,34-,35-,36-/m1/s1. The molecule has 22 rings (SSSR count). The van der Waals surface area contributed by atoms with Gasteiger partial charge in [-0.3, -0.25) is 0 Å². The van der Waals surface area contributed by atoms with Gasteiger partial charge in [0, 0.05) is 0 Å². The molecule has 0 saturated carbocycles. The maximum atomic E-state index is 11.3. The molecule has 384 valence electrons. The summed E-state index contributed by atoms with van der Waals surface area (Å²) in [5.41, 5.74) is 6.31. The molecule has 22 saturated heterocycles. The highest BCUT2D eigenvalue weighted by Crippen LogP contribution is 2.37. The van der Waals surface area contributed by atoms with Gasteiger partial charge in [0.15, 0.2) is 37.7 Å². The van der Waals surface area contributed by atoms with Gasteiger partial charge < -0.3 is 149 Å². The number of ether oxygens (including phenoxy) is 12. The summed E-state index contributed by atoms with van der Waals surface area (Å²) in [6.07, 6.45) is -55.1. The molecule has 0 amide bonds. The molecule has 30 heteroatoms. The molecule has 0 unspecified atom stereocenters. The molecule has 30 atom stereocenters. The van der Waals surface area contributed by atoms with Crippen LogP contribution in [0.1, 0.15) is 0 Å². The van der Waals surface area contributed by atoms with Gasteiger partial charge >= 0.3 is 0 Å². The Morgan fingerprint density at radius 1 is 0.227 bits per heavy atom. The minimum atomic E-state index is -2.14. The first-order valence-electron chi connectivity index (χ1n) is 21.2. The lowest BCUT2D eigenvalue weighted by atomic mass is 9.94. The number of aliphatic hydroxyl groups excluding tert-OH is 17. The fourth-order valence-electron chi connectivity index (χ4n) is 8.99. The van der Waals surface area contributed by atoms with Crippen molar-refractivity contribution < 1.29 is 144 Å². The lowest BCUT2D eigenvalue weighted by Crippen LogP contribution is -2.69. The predicted octanol–water partition coefficient (Wildman–Crippen LogP) is -13.1. The maximum absolute atomic E-state index is 11.3. The van der Waals surface area contributed by atoms with Crippen LogP contribution in [0.4, 0.5) is 0 Å². The van der Waals surface area contributed by atoms with Crippen molar-refractivity contribution in [1.82, 2.24) is 0 Å². The van der Waals surface area contributed by atoms with Crippen LogP contribution in [0.2, 0.25) is 0 Å². The first-order chi connectivity index (χ1) is 31.4. The van der Waals surface area contributed by atoms with Gasteiger partial charge in [0.2, 0.25) is 0 Å². The van der Waals surface area contributed by atoms with E-state index in [1.54, 1.807) is 0 Å². The number of nitrogens with two attached hydrogens (primary N) is 1. The fourth-order valence-corrected chi connectivity index (χ4v) is 8.99. The molecular formula is C36H61NO29. The second-order valence-corrected chi connectivity index (χ2v) is 16.9. The molecule has 0 aromatic rings. The Labute approximate surface area is 373 Å². The summed E-state index contributed by atoms with van der Waals surface area (Å²) < 4.78 is 68.3. The van der Waals surface area contributed by atoms with E-state index in [4.69, 9.17) is 62.6 Å². The van der Waals surface area contributed by atoms with Crippen LogP contribution in [-0.4, -0.2) is 311 Å². The van der Waals surface area contributed by atoms with E-state index < -0.39 is 224 Å². The molecule has 19 N–H and O–H groups in total. The van der Waals surface area contributed by atoms with E-state index in [2.05, 4.69) is 0 Å². The smallest absolute Gasteiger partial charge is 0.187 e. The Morgan fingerprint density at radius 2 is 0.394 bits per heavy atom. The number of rotatable bonds is 6. The third-order valence-corrected chi connectivity index (χ3v) is 12.8. The van der Waals surface area contributed by atoms with Crippen LogP contribution in [0.15, 0.2) is 0 Å². The van der Waals surface area contributed by atoms with E-state index in [0.717, 1.165) is 0 Å². The van der Waals surface area contributed by atoms with Crippen LogP contribution < -0.4 is 5.73 Å². The molecule has 30 nitrogen and oxygen atoms in total. The van der Waals surface area contributed by atoms with Crippen LogP contribution in [-0.2, 0) is 56.8 Å². The lowest BCUT2D eigenvalue weighted by molar-refractivity contribution is -0.401. The Bertz CT molecular complexity index is 1240. The van der Waals surface area contributed by atoms with E-state index in [0.29, 0.717) is 0 Å². The lowest BCUT2D eigenvalue weighted by Gasteiger charge is -2.50. The second-order valence-electron chi connectivity index (χ2n) is 16.9. The first kappa shape index (κ1) is 52.6. The molecular weight excluding hydrogens is 910 g/mol. The SMILES string of the molecule is N[C@@H]1[C@@H](O)[C@H]2O[C@H]3[C@H](O)[C@@H](O)[C@@H](O[C@H]4[C@H](O)[C@@H](O)[C@@H](O[C@H]5[C@H](O)[C@@H](O)[C@@H](O[C@H]6[C@H](O)[C@@H](O)[C@@H](O[C@H]7[C@H](O)[C@@H](O)[C@@H](O[C@@H]1[C@@H](CO)O2)O[C@@H]7CO)O[C@@H]6CO)O[C@@H]5CO)O[C@@H]4CO)O[C@@H]3CO. The zero-order valence-electron chi connectivity index (χ0n) is 34.6. The van der Waals surface area contributed by atoms with Crippen LogP contribution in [0, 0.1) is 0 Å². The van der Waals surface area contributed by atoms with Gasteiger partial charge in [-0.05, 0) is 0 Å². The third-order valence-electron chi connectivity index (χ3n) is 12.8. The predicted molar refractivity (Wildman–Crippen MR) is 198 cm³/mol. The van der Waals surface area contributed by atoms with Crippen molar-refractivity contribution in [3.8, 4) is 0 Å². The van der Waals surface area contributed by atoms with E-state index in [1.807, 2.05) is 0 Å². The molecule has 22 aliphatic heterocycles. The average Bonchev–Trinajstić information content (AvgIpc) is 3.31. The van der Waals surface area contributed by atoms with Gasteiger partial charge in [-0.15, -0.1) is 0 Å². The van der Waals surface area contributed by atoms with Crippen LogP contribution in [0.25, 0.3) is 0 Å². The third kappa shape index (κ3) is 10.0. The van der Waals surface area contributed by atoms with Crippen LogP contribution in [0.3, 0.4) is 0 Å². The van der Waals surface area contributed by atoms with Crippen molar-refractivity contribution in [3.05, 3.63) is 0 Å². The zero-order valence-corrected chi connectivity index (χ0v) is 34.6. The van der Waals surface area contributed by atoms with Gasteiger partial charge in [-0.25, -0.2) is 0 Å². The van der Waals surface area contributed by atoms with E-state index in [9.17, 15) is 86.8 Å². The molecule has 0 spiro atoms. The van der Waals surface area contributed by atoms with E-state index in [-0.39, 0.29) is 0 Å². The fraction of sp³-hybridized carbons (Fsp3) is 1.00. The summed E-state index contributed by atoms with van der Waals surface area (Å²) >= 11 is 0. The van der Waals surface area contributed by atoms with Gasteiger partial charge in [0.05, 0.1) is 45.7 Å². The summed E-state index contributed by atoms with van der Waals surface area (Å²) in [5, 5.41) is 185. The van der Waals surface area contributed by atoms with E-state index >= 15 is 0 Å². The molecule has 66 heavy (non-hydrogen) atoms. The highest BCUT2D eigenvalue weighted by Gasteiger charge is 2.58. The van der Waals surface area contributed by atoms with E-state index in [1.165, 1.54) is 0 Å². The summed E-state index contributed by atoms with van der Waals surface area (Å²) in [6, 6.07) is -1.61. The first-order valence-corrected chi connectivity index (χ1v) is 21.2. The van der Waals surface area contributed by atoms with Crippen LogP contribution in [0.5, 0.6) is 0 Å². The summed E-state index contributed by atoms with van der Waals surface area (Å²) in [5.74, 6) is 0.